The van der Waals surface area contributed by atoms with Crippen molar-refractivity contribution in [2.45, 2.75) is 18.4 Å². The van der Waals surface area contributed by atoms with Crippen LogP contribution >= 0.6 is 15.9 Å². The Morgan fingerprint density at radius 2 is 2.00 bits per heavy atom. The molecule has 21 heavy (non-hydrogen) atoms. The van der Waals surface area contributed by atoms with Crippen molar-refractivity contribution in [2.24, 2.45) is 0 Å². The first-order chi connectivity index (χ1) is 9.92. The third-order valence-corrected chi connectivity index (χ3v) is 4.92. The van der Waals surface area contributed by atoms with Gasteiger partial charge in [-0.3, -0.25) is 4.98 Å². The van der Waals surface area contributed by atoms with E-state index in [1.165, 1.54) is 7.05 Å². The van der Waals surface area contributed by atoms with Crippen molar-refractivity contribution in [3.63, 3.8) is 0 Å². The summed E-state index contributed by atoms with van der Waals surface area (Å²) in [5.74, 6) is 0. The van der Waals surface area contributed by atoms with E-state index >= 15 is 0 Å². The number of nitrogens with zero attached hydrogens (tertiary/aromatic N) is 1. The Balaban J connectivity index is 2.20. The van der Waals surface area contributed by atoms with Crippen LogP contribution in [0.4, 0.5) is 5.69 Å². The Morgan fingerprint density at radius 3 is 2.62 bits per heavy atom. The lowest BCUT2D eigenvalue weighted by Crippen LogP contribution is -2.18. The SMILES string of the molecule is CNS(=O)(=O)c1ccc(C)c(NCc2ccc(Br)cn2)c1. The molecule has 0 amide bonds. The van der Waals surface area contributed by atoms with Gasteiger partial charge in [-0.25, -0.2) is 13.1 Å². The number of halogens is 1. The van der Waals surface area contributed by atoms with Gasteiger partial charge in [0.25, 0.3) is 0 Å². The molecule has 0 saturated heterocycles. The lowest BCUT2D eigenvalue weighted by molar-refractivity contribution is 0.588. The summed E-state index contributed by atoms with van der Waals surface area (Å²) in [6.45, 7) is 2.45. The minimum Gasteiger partial charge on any atom is -0.379 e. The summed E-state index contributed by atoms with van der Waals surface area (Å²) < 4.78 is 26.9. The molecule has 2 N–H and O–H groups in total. The molecule has 0 radical (unpaired) electrons. The van der Waals surface area contributed by atoms with Gasteiger partial charge in [0.05, 0.1) is 17.1 Å². The van der Waals surface area contributed by atoms with Gasteiger partial charge in [-0.15, -0.1) is 0 Å². The topological polar surface area (TPSA) is 71.1 Å². The predicted molar refractivity (Wildman–Crippen MR) is 86.7 cm³/mol. The molecule has 0 bridgehead atoms. The number of pyridine rings is 1. The van der Waals surface area contributed by atoms with Crippen molar-refractivity contribution in [3.8, 4) is 0 Å². The Labute approximate surface area is 133 Å². The highest BCUT2D eigenvalue weighted by atomic mass is 79.9. The van der Waals surface area contributed by atoms with Gasteiger partial charge in [0, 0.05) is 16.4 Å². The minimum atomic E-state index is -3.44. The van der Waals surface area contributed by atoms with E-state index in [-0.39, 0.29) is 4.90 Å². The fourth-order valence-electron chi connectivity index (χ4n) is 1.77. The van der Waals surface area contributed by atoms with E-state index in [1.54, 1.807) is 24.4 Å². The van der Waals surface area contributed by atoms with Crippen molar-refractivity contribution < 1.29 is 8.42 Å². The summed E-state index contributed by atoms with van der Waals surface area (Å²) in [7, 11) is -2.04. The Hall–Kier alpha value is -1.44. The average molecular weight is 370 g/mol. The van der Waals surface area contributed by atoms with Crippen LogP contribution in [0.25, 0.3) is 0 Å². The number of hydrogen-bond donors (Lipinski definition) is 2. The lowest BCUT2D eigenvalue weighted by Gasteiger charge is -2.11. The van der Waals surface area contributed by atoms with Gasteiger partial charge in [0.15, 0.2) is 0 Å². The van der Waals surface area contributed by atoms with E-state index in [9.17, 15) is 8.42 Å². The third kappa shape index (κ3) is 4.03. The third-order valence-electron chi connectivity index (χ3n) is 3.04. The number of sulfonamides is 1. The van der Waals surface area contributed by atoms with E-state index in [0.29, 0.717) is 6.54 Å². The van der Waals surface area contributed by atoms with E-state index in [0.717, 1.165) is 21.4 Å². The minimum absolute atomic E-state index is 0.238. The van der Waals surface area contributed by atoms with Gasteiger partial charge in [0.2, 0.25) is 10.0 Å². The van der Waals surface area contributed by atoms with Gasteiger partial charge in [-0.2, -0.15) is 0 Å². The second-order valence-corrected chi connectivity index (χ2v) is 7.31. The zero-order valence-electron chi connectivity index (χ0n) is 11.7. The molecule has 1 aromatic heterocycles. The highest BCUT2D eigenvalue weighted by molar-refractivity contribution is 9.10. The molecule has 2 aromatic rings. The maximum Gasteiger partial charge on any atom is 0.240 e. The molecule has 1 aromatic carbocycles. The van der Waals surface area contributed by atoms with Crippen LogP contribution in [0.2, 0.25) is 0 Å². The van der Waals surface area contributed by atoms with Gasteiger partial charge in [-0.1, -0.05) is 6.07 Å². The molecule has 0 atom stereocenters. The number of anilines is 1. The summed E-state index contributed by atoms with van der Waals surface area (Å²) in [6.07, 6.45) is 1.73. The molecule has 112 valence electrons. The number of rotatable bonds is 5. The molecular weight excluding hydrogens is 354 g/mol. The normalized spacial score (nSPS) is 11.4. The van der Waals surface area contributed by atoms with Crippen molar-refractivity contribution >= 4 is 31.6 Å². The van der Waals surface area contributed by atoms with Crippen molar-refractivity contribution in [1.82, 2.24) is 9.71 Å². The Morgan fingerprint density at radius 1 is 1.24 bits per heavy atom. The molecule has 0 aliphatic heterocycles. The molecule has 0 aliphatic carbocycles. The maximum atomic E-state index is 11.8. The Kier molecular flexibility index (Phi) is 4.97. The van der Waals surface area contributed by atoms with E-state index < -0.39 is 10.0 Å². The number of benzene rings is 1. The van der Waals surface area contributed by atoms with Crippen LogP contribution in [-0.4, -0.2) is 20.4 Å². The standard InChI is InChI=1S/C14H16BrN3O2S/c1-10-3-6-13(21(19,20)16-2)7-14(10)18-9-12-5-4-11(15)8-17-12/h3-8,16,18H,9H2,1-2H3. The fourth-order valence-corrected chi connectivity index (χ4v) is 2.76. The summed E-state index contributed by atoms with van der Waals surface area (Å²) in [6, 6.07) is 8.81. The zero-order chi connectivity index (χ0) is 15.5. The van der Waals surface area contributed by atoms with Crippen LogP contribution < -0.4 is 10.0 Å². The summed E-state index contributed by atoms with van der Waals surface area (Å²) in [5, 5.41) is 3.22. The van der Waals surface area contributed by atoms with Crippen LogP contribution in [0.3, 0.4) is 0 Å². The van der Waals surface area contributed by atoms with Crippen molar-refractivity contribution in [2.75, 3.05) is 12.4 Å². The van der Waals surface area contributed by atoms with Gasteiger partial charge >= 0.3 is 0 Å². The highest BCUT2D eigenvalue weighted by Gasteiger charge is 2.12. The van der Waals surface area contributed by atoms with E-state index in [1.807, 2.05) is 19.1 Å². The zero-order valence-corrected chi connectivity index (χ0v) is 14.1. The van der Waals surface area contributed by atoms with Gasteiger partial charge in [-0.05, 0) is 59.7 Å². The van der Waals surface area contributed by atoms with Gasteiger partial charge in [0.1, 0.15) is 0 Å². The largest absolute Gasteiger partial charge is 0.379 e. The molecule has 2 rings (SSSR count). The fraction of sp³-hybridized carbons (Fsp3) is 0.214. The molecule has 5 nitrogen and oxygen atoms in total. The molecule has 0 unspecified atom stereocenters. The van der Waals surface area contributed by atoms with E-state index in [2.05, 4.69) is 31.0 Å². The number of aryl methyl sites for hydroxylation is 1. The summed E-state index contributed by atoms with van der Waals surface area (Å²) in [4.78, 5) is 4.51. The first-order valence-electron chi connectivity index (χ1n) is 6.31. The van der Waals surface area contributed by atoms with Crippen molar-refractivity contribution in [1.29, 1.82) is 0 Å². The van der Waals surface area contributed by atoms with Crippen LogP contribution in [0.5, 0.6) is 0 Å². The monoisotopic (exact) mass is 369 g/mol. The smallest absolute Gasteiger partial charge is 0.240 e. The highest BCUT2D eigenvalue weighted by Crippen LogP contribution is 2.20. The lowest BCUT2D eigenvalue weighted by atomic mass is 10.2. The van der Waals surface area contributed by atoms with Crippen LogP contribution in [0.15, 0.2) is 45.9 Å². The quantitative estimate of drug-likeness (QED) is 0.849. The molecule has 0 fully saturated rings. The number of hydrogen-bond acceptors (Lipinski definition) is 4. The molecule has 0 spiro atoms. The van der Waals surface area contributed by atoms with Gasteiger partial charge < -0.3 is 5.32 Å². The first-order valence-corrected chi connectivity index (χ1v) is 8.58. The first kappa shape index (κ1) is 15.9. The number of nitrogens with one attached hydrogen (secondary N) is 2. The summed E-state index contributed by atoms with van der Waals surface area (Å²) >= 11 is 3.34. The van der Waals surface area contributed by atoms with Crippen LogP contribution in [0, 0.1) is 6.92 Å². The average Bonchev–Trinajstić information content (AvgIpc) is 2.48. The molecule has 0 saturated carbocycles. The molecule has 7 heteroatoms. The Bertz CT molecular complexity index is 730. The number of aromatic nitrogens is 1. The van der Waals surface area contributed by atoms with Crippen molar-refractivity contribution in [3.05, 3.63) is 52.3 Å². The second-order valence-electron chi connectivity index (χ2n) is 4.51. The van der Waals surface area contributed by atoms with E-state index in [4.69, 9.17) is 0 Å². The van der Waals surface area contributed by atoms with Crippen LogP contribution in [0.1, 0.15) is 11.3 Å². The maximum absolute atomic E-state index is 11.8. The predicted octanol–water partition coefficient (Wildman–Crippen LogP) is 2.67. The van der Waals surface area contributed by atoms with Crippen LogP contribution in [-0.2, 0) is 16.6 Å². The summed E-state index contributed by atoms with van der Waals surface area (Å²) in [5.41, 5.74) is 2.62. The second kappa shape index (κ2) is 6.55. The molecule has 1 heterocycles. The molecule has 0 aliphatic rings. The molecular formula is C14H16BrN3O2S.